The summed E-state index contributed by atoms with van der Waals surface area (Å²) >= 11 is 0. The van der Waals surface area contributed by atoms with Crippen molar-refractivity contribution >= 4 is 35.4 Å². The van der Waals surface area contributed by atoms with Crippen molar-refractivity contribution in [1.82, 2.24) is 10.2 Å². The van der Waals surface area contributed by atoms with E-state index >= 15 is 0 Å². The molecule has 1 atom stereocenters. The average molecular weight is 544 g/mol. The number of hydrogen-bond acceptors (Lipinski definition) is 6. The highest BCUT2D eigenvalue weighted by atomic mass is 16.5. The summed E-state index contributed by atoms with van der Waals surface area (Å²) in [4.78, 5) is 53.8. The molecule has 0 radical (unpaired) electrons. The number of amides is 3. The lowest BCUT2D eigenvalue weighted by atomic mass is 10.1. The molecule has 11 heteroatoms. The molecule has 11 nitrogen and oxygen atoms in total. The lowest BCUT2D eigenvalue weighted by molar-refractivity contribution is -0.141. The van der Waals surface area contributed by atoms with Gasteiger partial charge in [0.05, 0.1) is 6.42 Å². The van der Waals surface area contributed by atoms with E-state index in [1.54, 1.807) is 49.5 Å². The Morgan fingerprint density at radius 1 is 1.05 bits per heavy atom. The van der Waals surface area contributed by atoms with Gasteiger partial charge >= 0.3 is 12.1 Å². The number of amidine groups is 1. The molecular formula is C29H29N5O6. The topological polar surface area (TPSA) is 163 Å². The first kappa shape index (κ1) is 27.8. The van der Waals surface area contributed by atoms with Crippen LogP contribution in [0, 0.1) is 0 Å². The third-order valence-electron chi connectivity index (χ3n) is 6.28. The minimum Gasteiger partial charge on any atom is -0.481 e. The van der Waals surface area contributed by atoms with E-state index in [1.165, 1.54) is 4.90 Å². The molecule has 3 amide bonds. The number of nitrogens with one attached hydrogen (secondary N) is 2. The number of nitrogens with two attached hydrogens (primary N) is 1. The van der Waals surface area contributed by atoms with Crippen LogP contribution in [-0.2, 0) is 34.0 Å². The third-order valence-corrected chi connectivity index (χ3v) is 6.28. The number of aliphatic carboxylic acids is 1. The Kier molecular flexibility index (Phi) is 8.75. The zero-order valence-corrected chi connectivity index (χ0v) is 21.8. The quantitative estimate of drug-likeness (QED) is 0.249. The van der Waals surface area contributed by atoms with E-state index in [0.717, 1.165) is 16.7 Å². The number of rotatable bonds is 8. The summed E-state index contributed by atoms with van der Waals surface area (Å²) in [5.74, 6) is -1.76. The molecular weight excluding hydrogens is 514 g/mol. The van der Waals surface area contributed by atoms with Gasteiger partial charge in [-0.2, -0.15) is 4.99 Å². The van der Waals surface area contributed by atoms with E-state index in [1.807, 2.05) is 30.3 Å². The van der Waals surface area contributed by atoms with Crippen molar-refractivity contribution in [3.05, 3.63) is 101 Å². The molecule has 206 valence electrons. The van der Waals surface area contributed by atoms with Gasteiger partial charge in [0.15, 0.2) is 0 Å². The van der Waals surface area contributed by atoms with Gasteiger partial charge in [0.25, 0.3) is 5.91 Å². The minimum absolute atomic E-state index is 0.0106. The van der Waals surface area contributed by atoms with E-state index in [2.05, 4.69) is 15.6 Å². The van der Waals surface area contributed by atoms with E-state index < -0.39 is 18.1 Å². The fourth-order valence-corrected chi connectivity index (χ4v) is 4.14. The van der Waals surface area contributed by atoms with E-state index in [0.29, 0.717) is 23.4 Å². The normalized spacial score (nSPS) is 14.9. The number of nitrogens with zero attached hydrogens (tertiary/aromatic N) is 2. The Morgan fingerprint density at radius 2 is 1.75 bits per heavy atom. The van der Waals surface area contributed by atoms with Gasteiger partial charge in [-0.1, -0.05) is 60.7 Å². The van der Waals surface area contributed by atoms with Crippen LogP contribution in [0.2, 0.25) is 0 Å². The second-order valence-corrected chi connectivity index (χ2v) is 9.28. The van der Waals surface area contributed by atoms with E-state index in [4.69, 9.17) is 15.6 Å². The van der Waals surface area contributed by atoms with Gasteiger partial charge in [-0.05, 0) is 28.8 Å². The van der Waals surface area contributed by atoms with Crippen molar-refractivity contribution in [1.29, 1.82) is 0 Å². The maximum atomic E-state index is 12.8. The molecule has 0 bridgehead atoms. The number of carbonyl (C=O) groups excluding carboxylic acids is 3. The average Bonchev–Trinajstić information content (AvgIpc) is 3.06. The second kappa shape index (κ2) is 12.6. The molecule has 0 aliphatic carbocycles. The number of likely N-dealkylation sites (N-methyl/N-ethyl adjacent to an activating group) is 1. The standard InChI is InChI=1S/C29H29N5O6/c1-34-16-22-12-11-21(13-23(22)32-24(28(34)38)14-25(35)36)27(37)31-15-18-7-9-20(10-8-18)26(30)33-29(39)40-17-19-5-3-2-4-6-19/h2-13,24,32H,14-17H2,1H3,(H,31,37)(H,35,36)(H2,30,33,39). The molecule has 0 aromatic heterocycles. The first-order valence-corrected chi connectivity index (χ1v) is 12.5. The molecule has 0 fully saturated rings. The SMILES string of the molecule is CN1Cc2ccc(C(=O)NCc3ccc(/C(N)=N\C(=O)OCc4ccccc4)cc3)cc2NC(CC(=O)O)C1=O. The van der Waals surface area contributed by atoms with Crippen LogP contribution in [0.1, 0.15) is 39.0 Å². The van der Waals surface area contributed by atoms with Gasteiger partial charge in [-0.15, -0.1) is 0 Å². The van der Waals surface area contributed by atoms with Crippen molar-refractivity contribution in [2.24, 2.45) is 10.7 Å². The van der Waals surface area contributed by atoms with Crippen molar-refractivity contribution in [3.8, 4) is 0 Å². The monoisotopic (exact) mass is 543 g/mol. The number of ether oxygens (including phenoxy) is 1. The lowest BCUT2D eigenvalue weighted by Crippen LogP contribution is -2.39. The number of carbonyl (C=O) groups is 4. The molecule has 1 aliphatic heterocycles. The lowest BCUT2D eigenvalue weighted by Gasteiger charge is -2.19. The van der Waals surface area contributed by atoms with Gasteiger partial charge < -0.3 is 31.1 Å². The van der Waals surface area contributed by atoms with Crippen LogP contribution >= 0.6 is 0 Å². The van der Waals surface area contributed by atoms with Crippen LogP contribution in [0.3, 0.4) is 0 Å². The summed E-state index contributed by atoms with van der Waals surface area (Å²) in [6, 6.07) is 20.2. The van der Waals surface area contributed by atoms with Gasteiger partial charge in [-0.3, -0.25) is 14.4 Å². The van der Waals surface area contributed by atoms with Crippen molar-refractivity contribution in [3.63, 3.8) is 0 Å². The predicted octanol–water partition coefficient (Wildman–Crippen LogP) is 2.89. The van der Waals surface area contributed by atoms with Crippen molar-refractivity contribution in [2.45, 2.75) is 32.2 Å². The van der Waals surface area contributed by atoms with Crippen LogP contribution in [0.4, 0.5) is 10.5 Å². The summed E-state index contributed by atoms with van der Waals surface area (Å²) < 4.78 is 5.12. The molecule has 1 heterocycles. The molecule has 1 aliphatic rings. The number of carboxylic acid groups (broad SMARTS) is 1. The van der Waals surface area contributed by atoms with Crippen LogP contribution in [0.25, 0.3) is 0 Å². The van der Waals surface area contributed by atoms with Crippen molar-refractivity contribution in [2.75, 3.05) is 12.4 Å². The van der Waals surface area contributed by atoms with Crippen molar-refractivity contribution < 1.29 is 29.0 Å². The van der Waals surface area contributed by atoms with Gasteiger partial charge in [0.1, 0.15) is 18.5 Å². The Hall–Kier alpha value is -5.19. The number of hydrogen-bond donors (Lipinski definition) is 4. The molecule has 4 rings (SSSR count). The van der Waals surface area contributed by atoms with Gasteiger partial charge in [0, 0.05) is 37.0 Å². The smallest absolute Gasteiger partial charge is 0.435 e. The fraction of sp³-hybridized carbons (Fsp3) is 0.207. The Balaban J connectivity index is 1.34. The number of fused-ring (bicyclic) bond motifs is 1. The maximum absolute atomic E-state index is 12.8. The predicted molar refractivity (Wildman–Crippen MR) is 148 cm³/mol. The first-order chi connectivity index (χ1) is 19.2. The summed E-state index contributed by atoms with van der Waals surface area (Å²) in [5, 5.41) is 15.0. The summed E-state index contributed by atoms with van der Waals surface area (Å²) in [7, 11) is 1.61. The third kappa shape index (κ3) is 7.22. The maximum Gasteiger partial charge on any atom is 0.435 e. The molecule has 40 heavy (non-hydrogen) atoms. The fourth-order valence-electron chi connectivity index (χ4n) is 4.14. The highest BCUT2D eigenvalue weighted by Gasteiger charge is 2.29. The van der Waals surface area contributed by atoms with Gasteiger partial charge in [0.2, 0.25) is 5.91 Å². The van der Waals surface area contributed by atoms with Crippen LogP contribution in [0.15, 0.2) is 77.8 Å². The van der Waals surface area contributed by atoms with E-state index in [-0.39, 0.29) is 37.2 Å². The highest BCUT2D eigenvalue weighted by Crippen LogP contribution is 2.25. The number of benzene rings is 3. The summed E-state index contributed by atoms with van der Waals surface area (Å²) in [6.07, 6.45) is -1.17. The van der Waals surface area contributed by atoms with E-state index in [9.17, 15) is 19.2 Å². The van der Waals surface area contributed by atoms with Gasteiger partial charge in [-0.25, -0.2) is 4.79 Å². The zero-order chi connectivity index (χ0) is 28.6. The Morgan fingerprint density at radius 3 is 2.45 bits per heavy atom. The van der Waals surface area contributed by atoms with Crippen LogP contribution in [0.5, 0.6) is 0 Å². The summed E-state index contributed by atoms with van der Waals surface area (Å²) in [6.45, 7) is 0.610. The molecule has 1 unspecified atom stereocenters. The number of aliphatic imine (C=N–C) groups is 1. The molecule has 0 saturated carbocycles. The Bertz CT molecular complexity index is 1440. The Labute approximate surface area is 230 Å². The number of carboxylic acids is 1. The largest absolute Gasteiger partial charge is 0.481 e. The number of anilines is 1. The molecule has 0 saturated heterocycles. The molecule has 0 spiro atoms. The molecule has 3 aromatic rings. The molecule has 5 N–H and O–H groups in total. The zero-order valence-electron chi connectivity index (χ0n) is 21.8. The highest BCUT2D eigenvalue weighted by molar-refractivity contribution is 6.02. The first-order valence-electron chi connectivity index (χ1n) is 12.5. The summed E-state index contributed by atoms with van der Waals surface area (Å²) in [5.41, 5.74) is 9.78. The molecule has 3 aromatic carbocycles. The second-order valence-electron chi connectivity index (χ2n) is 9.28. The van der Waals surface area contributed by atoms with Crippen LogP contribution in [-0.4, -0.2) is 52.8 Å². The van der Waals surface area contributed by atoms with Crippen LogP contribution < -0.4 is 16.4 Å². The minimum atomic E-state index is -1.10.